The number of hydrogen-bond acceptors (Lipinski definition) is 1. The number of hydrogen-bond donors (Lipinski definition) is 1. The lowest BCUT2D eigenvalue weighted by molar-refractivity contribution is 0.221. The van der Waals surface area contributed by atoms with Crippen LogP contribution >= 0.6 is 0 Å². The van der Waals surface area contributed by atoms with Crippen molar-refractivity contribution in [2.75, 3.05) is 0 Å². The summed E-state index contributed by atoms with van der Waals surface area (Å²) in [6, 6.07) is 0. The molecule has 1 heteroatoms. The van der Waals surface area contributed by atoms with Crippen molar-refractivity contribution in [2.24, 2.45) is 16.2 Å². The summed E-state index contributed by atoms with van der Waals surface area (Å²) in [6.45, 7) is 19.2. The molecule has 26 heavy (non-hydrogen) atoms. The molecular weight excluding hydrogens is 316 g/mol. The lowest BCUT2D eigenvalue weighted by atomic mass is 9.82. The van der Waals surface area contributed by atoms with Crippen LogP contribution in [0.3, 0.4) is 0 Å². The van der Waals surface area contributed by atoms with Crippen LogP contribution in [0.25, 0.3) is 0 Å². The summed E-state index contributed by atoms with van der Waals surface area (Å²) < 4.78 is 0. The van der Waals surface area contributed by atoms with Crippen LogP contribution in [0.1, 0.15) is 101 Å². The first kappa shape index (κ1) is 24.6. The molecule has 0 aliphatic carbocycles. The van der Waals surface area contributed by atoms with E-state index in [4.69, 9.17) is 0 Å². The summed E-state index contributed by atoms with van der Waals surface area (Å²) >= 11 is 0. The normalized spacial score (nSPS) is 12.2. The molecular formula is C25H40O. The summed E-state index contributed by atoms with van der Waals surface area (Å²) in [5.41, 5.74) is -1.91. The highest BCUT2D eigenvalue weighted by atomic mass is 16.3. The van der Waals surface area contributed by atoms with Crippen molar-refractivity contribution < 1.29 is 5.11 Å². The van der Waals surface area contributed by atoms with E-state index in [1.807, 2.05) is 0 Å². The van der Waals surface area contributed by atoms with Crippen molar-refractivity contribution in [3.8, 4) is 35.5 Å². The fraction of sp³-hybridized carbons (Fsp3) is 0.760. The van der Waals surface area contributed by atoms with Crippen LogP contribution in [0.2, 0.25) is 0 Å². The molecule has 1 N–H and O–H groups in total. The van der Waals surface area contributed by atoms with Crippen molar-refractivity contribution in [3.05, 3.63) is 0 Å². The lowest BCUT2D eigenvalue weighted by Gasteiger charge is -2.22. The predicted molar refractivity (Wildman–Crippen MR) is 114 cm³/mol. The smallest absolute Gasteiger partial charge is 0.251 e. The van der Waals surface area contributed by atoms with Gasteiger partial charge in [0, 0.05) is 16.2 Å². The number of aliphatic hydroxyl groups is 1. The van der Waals surface area contributed by atoms with Crippen LogP contribution in [0, 0.1) is 51.8 Å². The summed E-state index contributed by atoms with van der Waals surface area (Å²) in [7, 11) is 0. The highest BCUT2D eigenvalue weighted by molar-refractivity contribution is 5.44. The van der Waals surface area contributed by atoms with Crippen LogP contribution in [0.4, 0.5) is 0 Å². The average Bonchev–Trinajstić information content (AvgIpc) is 2.68. The van der Waals surface area contributed by atoms with Gasteiger partial charge >= 0.3 is 0 Å². The molecule has 0 bridgehead atoms. The highest BCUT2D eigenvalue weighted by Crippen LogP contribution is 2.27. The quantitative estimate of drug-likeness (QED) is 0.561. The Bertz CT molecular complexity index is 520. The van der Waals surface area contributed by atoms with Gasteiger partial charge in [-0.3, -0.25) is 0 Å². The van der Waals surface area contributed by atoms with E-state index in [1.54, 1.807) is 0 Å². The molecule has 0 fully saturated rings. The molecule has 0 radical (unpaired) electrons. The largest absolute Gasteiger partial charge is 0.357 e. The maximum Gasteiger partial charge on any atom is 0.251 e. The molecule has 0 aromatic carbocycles. The molecule has 0 aliphatic heterocycles. The van der Waals surface area contributed by atoms with Crippen molar-refractivity contribution in [1.82, 2.24) is 0 Å². The molecule has 0 amide bonds. The Kier molecular flexibility index (Phi) is 9.57. The summed E-state index contributed by atoms with van der Waals surface area (Å²) in [5, 5.41) is 11.2. The topological polar surface area (TPSA) is 20.2 Å². The monoisotopic (exact) mass is 356 g/mol. The molecule has 0 aliphatic rings. The minimum atomic E-state index is -1.57. The summed E-state index contributed by atoms with van der Waals surface area (Å²) in [5.74, 6) is 18.9. The Hall–Kier alpha value is -1.36. The molecule has 146 valence electrons. The van der Waals surface area contributed by atoms with Gasteiger partial charge in [-0.25, -0.2) is 0 Å². The molecule has 0 atom stereocenters. The van der Waals surface area contributed by atoms with Gasteiger partial charge in [0.1, 0.15) is 0 Å². The van der Waals surface area contributed by atoms with Gasteiger partial charge in [-0.1, -0.05) is 59.3 Å². The van der Waals surface area contributed by atoms with E-state index in [-0.39, 0.29) is 16.2 Å². The molecule has 0 heterocycles. The molecule has 0 rings (SSSR count). The minimum Gasteiger partial charge on any atom is -0.357 e. The van der Waals surface area contributed by atoms with Crippen LogP contribution in [0.15, 0.2) is 0 Å². The van der Waals surface area contributed by atoms with Crippen LogP contribution in [0.5, 0.6) is 0 Å². The Morgan fingerprint density at radius 2 is 0.654 bits per heavy atom. The first-order chi connectivity index (χ1) is 12.0. The first-order valence-corrected chi connectivity index (χ1v) is 10.3. The van der Waals surface area contributed by atoms with E-state index in [0.717, 1.165) is 38.5 Å². The fourth-order valence-electron chi connectivity index (χ4n) is 2.10. The van der Waals surface area contributed by atoms with Gasteiger partial charge in [-0.15, -0.1) is 0 Å². The Balaban J connectivity index is 6.20. The zero-order valence-electron chi connectivity index (χ0n) is 18.7. The van der Waals surface area contributed by atoms with Gasteiger partial charge < -0.3 is 5.11 Å². The van der Waals surface area contributed by atoms with Gasteiger partial charge in [0.05, 0.1) is 0 Å². The summed E-state index contributed by atoms with van der Waals surface area (Å²) in [6.07, 6.45) is 5.65. The zero-order chi connectivity index (χ0) is 20.5. The van der Waals surface area contributed by atoms with Crippen LogP contribution < -0.4 is 0 Å². The van der Waals surface area contributed by atoms with Crippen LogP contribution in [-0.4, -0.2) is 10.7 Å². The predicted octanol–water partition coefficient (Wildman–Crippen LogP) is 6.21. The standard InChI is InChI=1S/C25H40O/c1-10-22(7,11-2)16-19-25(26,20-17-23(8,12-3)13-4)21-18-24(9,14-5)15-6/h26H,10-15H2,1-9H3. The second-order valence-corrected chi connectivity index (χ2v) is 8.26. The third-order valence-corrected chi connectivity index (χ3v) is 6.32. The van der Waals surface area contributed by atoms with Gasteiger partial charge in [-0.05, 0) is 77.1 Å². The van der Waals surface area contributed by atoms with E-state index in [2.05, 4.69) is 97.8 Å². The SMILES string of the molecule is CCC(C)(C#CC(O)(C#CC(C)(CC)CC)C#CC(C)(CC)CC)CC. The van der Waals surface area contributed by atoms with Crippen molar-refractivity contribution in [3.63, 3.8) is 0 Å². The molecule has 0 spiro atoms. The molecule has 1 nitrogen and oxygen atoms in total. The first-order valence-electron chi connectivity index (χ1n) is 10.3. The second-order valence-electron chi connectivity index (χ2n) is 8.26. The van der Waals surface area contributed by atoms with Crippen molar-refractivity contribution in [1.29, 1.82) is 0 Å². The molecule has 0 aromatic heterocycles. The van der Waals surface area contributed by atoms with E-state index < -0.39 is 5.60 Å². The minimum absolute atomic E-state index is 0.116. The van der Waals surface area contributed by atoms with Crippen molar-refractivity contribution >= 4 is 0 Å². The molecule has 0 saturated carbocycles. The molecule has 0 aromatic rings. The van der Waals surface area contributed by atoms with Crippen LogP contribution in [-0.2, 0) is 0 Å². The Morgan fingerprint density at radius 3 is 0.808 bits per heavy atom. The maximum absolute atomic E-state index is 11.2. The zero-order valence-corrected chi connectivity index (χ0v) is 18.7. The Morgan fingerprint density at radius 1 is 0.462 bits per heavy atom. The summed E-state index contributed by atoms with van der Waals surface area (Å²) in [4.78, 5) is 0. The van der Waals surface area contributed by atoms with Crippen molar-refractivity contribution in [2.45, 2.75) is 106 Å². The maximum atomic E-state index is 11.2. The van der Waals surface area contributed by atoms with E-state index in [0.29, 0.717) is 0 Å². The Labute approximate surface area is 163 Å². The molecule has 0 unspecified atom stereocenters. The van der Waals surface area contributed by atoms with Gasteiger partial charge in [0.15, 0.2) is 0 Å². The fourth-order valence-corrected chi connectivity index (χ4v) is 2.10. The number of rotatable bonds is 6. The van der Waals surface area contributed by atoms with Gasteiger partial charge in [0.2, 0.25) is 0 Å². The lowest BCUT2D eigenvalue weighted by Crippen LogP contribution is -2.26. The third kappa shape index (κ3) is 7.48. The third-order valence-electron chi connectivity index (χ3n) is 6.32. The van der Waals surface area contributed by atoms with Gasteiger partial charge in [0.25, 0.3) is 5.60 Å². The van der Waals surface area contributed by atoms with E-state index >= 15 is 0 Å². The average molecular weight is 357 g/mol. The second kappa shape index (κ2) is 10.1. The van der Waals surface area contributed by atoms with E-state index in [1.165, 1.54) is 0 Å². The van der Waals surface area contributed by atoms with E-state index in [9.17, 15) is 5.11 Å². The highest BCUT2D eigenvalue weighted by Gasteiger charge is 2.25. The van der Waals surface area contributed by atoms with Gasteiger partial charge in [-0.2, -0.15) is 0 Å². The molecule has 0 saturated heterocycles.